The number of carbonyl (C=O) groups is 2. The minimum atomic E-state index is -0.420. The van der Waals surface area contributed by atoms with Crippen molar-refractivity contribution in [3.63, 3.8) is 0 Å². The summed E-state index contributed by atoms with van der Waals surface area (Å²) in [5.74, 6) is 0.286. The molecule has 2 amide bonds. The molecule has 0 atom stereocenters. The molecule has 29 heavy (non-hydrogen) atoms. The third kappa shape index (κ3) is 5.63. The number of piperidine rings is 1. The van der Waals surface area contributed by atoms with Crippen LogP contribution in [0.4, 0.5) is 17.1 Å². The van der Waals surface area contributed by atoms with Crippen molar-refractivity contribution < 1.29 is 19.1 Å². The summed E-state index contributed by atoms with van der Waals surface area (Å²) in [4.78, 5) is 26.8. The van der Waals surface area contributed by atoms with Gasteiger partial charge in [-0.25, -0.2) is 0 Å². The van der Waals surface area contributed by atoms with Crippen molar-refractivity contribution in [2.75, 3.05) is 42.8 Å². The van der Waals surface area contributed by atoms with Crippen molar-refractivity contribution in [2.45, 2.75) is 25.7 Å². The summed E-state index contributed by atoms with van der Waals surface area (Å²) in [7, 11) is 3.06. The van der Waals surface area contributed by atoms with Crippen LogP contribution in [0.15, 0.2) is 42.5 Å². The van der Waals surface area contributed by atoms with Crippen molar-refractivity contribution in [3.05, 3.63) is 42.5 Å². The molecule has 1 aliphatic heterocycles. The molecule has 154 valence electrons. The molecule has 2 aromatic carbocycles. The van der Waals surface area contributed by atoms with Gasteiger partial charge in [0.2, 0.25) is 11.8 Å². The highest BCUT2D eigenvalue weighted by Gasteiger charge is 2.14. The van der Waals surface area contributed by atoms with E-state index in [1.807, 2.05) is 24.3 Å². The van der Waals surface area contributed by atoms with Gasteiger partial charge >= 0.3 is 0 Å². The summed E-state index contributed by atoms with van der Waals surface area (Å²) in [6.07, 6.45) is 3.43. The van der Waals surface area contributed by atoms with E-state index in [9.17, 15) is 9.59 Å². The molecule has 2 aromatic rings. The van der Waals surface area contributed by atoms with Crippen LogP contribution in [0.1, 0.15) is 25.7 Å². The third-order valence-electron chi connectivity index (χ3n) is 4.88. The summed E-state index contributed by atoms with van der Waals surface area (Å²) in [5.41, 5.74) is 2.31. The zero-order chi connectivity index (χ0) is 20.6. The van der Waals surface area contributed by atoms with Crippen LogP contribution in [-0.2, 0) is 9.59 Å². The Morgan fingerprint density at radius 2 is 1.59 bits per heavy atom. The molecule has 0 saturated carbocycles. The van der Waals surface area contributed by atoms with E-state index >= 15 is 0 Å². The van der Waals surface area contributed by atoms with Gasteiger partial charge in [0, 0.05) is 30.5 Å². The second kappa shape index (κ2) is 9.82. The molecule has 0 bridgehead atoms. The van der Waals surface area contributed by atoms with E-state index in [1.54, 1.807) is 25.3 Å². The van der Waals surface area contributed by atoms with Gasteiger partial charge in [0.05, 0.1) is 19.9 Å². The molecule has 1 heterocycles. The molecule has 1 saturated heterocycles. The van der Waals surface area contributed by atoms with E-state index in [4.69, 9.17) is 9.47 Å². The second-order valence-electron chi connectivity index (χ2n) is 6.93. The Balaban J connectivity index is 1.53. The smallest absolute Gasteiger partial charge is 0.233 e. The molecule has 1 aliphatic rings. The fraction of sp³-hybridized carbons (Fsp3) is 0.364. The predicted octanol–water partition coefficient (Wildman–Crippen LogP) is 3.66. The van der Waals surface area contributed by atoms with Gasteiger partial charge < -0.3 is 25.0 Å². The van der Waals surface area contributed by atoms with Crippen molar-refractivity contribution in [2.24, 2.45) is 0 Å². The van der Waals surface area contributed by atoms with Gasteiger partial charge in [-0.2, -0.15) is 0 Å². The molecule has 0 aromatic heterocycles. The van der Waals surface area contributed by atoms with E-state index in [-0.39, 0.29) is 12.3 Å². The fourth-order valence-electron chi connectivity index (χ4n) is 3.35. The molecule has 0 spiro atoms. The van der Waals surface area contributed by atoms with Gasteiger partial charge in [-0.05, 0) is 55.7 Å². The van der Waals surface area contributed by atoms with E-state index < -0.39 is 5.91 Å². The molecule has 0 aliphatic carbocycles. The van der Waals surface area contributed by atoms with E-state index in [2.05, 4.69) is 15.5 Å². The number of rotatable bonds is 7. The van der Waals surface area contributed by atoms with E-state index in [0.29, 0.717) is 22.9 Å². The van der Waals surface area contributed by atoms with Gasteiger partial charge in [-0.1, -0.05) is 0 Å². The number of nitrogens with one attached hydrogen (secondary N) is 2. The fourth-order valence-corrected chi connectivity index (χ4v) is 3.35. The normalized spacial score (nSPS) is 13.5. The van der Waals surface area contributed by atoms with Crippen LogP contribution in [0.2, 0.25) is 0 Å². The maximum Gasteiger partial charge on any atom is 0.233 e. The Morgan fingerprint density at radius 1 is 0.897 bits per heavy atom. The molecule has 3 rings (SSSR count). The van der Waals surface area contributed by atoms with Crippen LogP contribution in [-0.4, -0.2) is 39.1 Å². The number of hydrogen-bond donors (Lipinski definition) is 2. The van der Waals surface area contributed by atoms with Gasteiger partial charge in [0.1, 0.15) is 17.9 Å². The number of hydrogen-bond acceptors (Lipinski definition) is 5. The molecule has 2 N–H and O–H groups in total. The Hall–Kier alpha value is -3.22. The van der Waals surface area contributed by atoms with E-state index in [1.165, 1.54) is 26.4 Å². The van der Waals surface area contributed by atoms with Crippen LogP contribution in [0.25, 0.3) is 0 Å². The van der Waals surface area contributed by atoms with Gasteiger partial charge in [-0.3, -0.25) is 9.59 Å². The van der Waals surface area contributed by atoms with Crippen molar-refractivity contribution >= 4 is 28.9 Å². The first-order valence-electron chi connectivity index (χ1n) is 9.76. The maximum absolute atomic E-state index is 12.2. The van der Waals surface area contributed by atoms with Crippen LogP contribution in [0.3, 0.4) is 0 Å². The number of ether oxygens (including phenoxy) is 2. The first-order chi connectivity index (χ1) is 14.1. The lowest BCUT2D eigenvalue weighted by Crippen LogP contribution is -2.29. The molecular weight excluding hydrogens is 370 g/mol. The summed E-state index contributed by atoms with van der Waals surface area (Å²) < 4.78 is 10.4. The van der Waals surface area contributed by atoms with Crippen LogP contribution >= 0.6 is 0 Å². The maximum atomic E-state index is 12.2. The number of methoxy groups -OCH3 is 2. The predicted molar refractivity (Wildman–Crippen MR) is 114 cm³/mol. The molecular formula is C22H27N3O4. The van der Waals surface area contributed by atoms with Gasteiger partial charge in [0.15, 0.2) is 0 Å². The Bertz CT molecular complexity index is 846. The highest BCUT2D eigenvalue weighted by atomic mass is 16.5. The number of anilines is 3. The van der Waals surface area contributed by atoms with Crippen LogP contribution < -0.4 is 25.0 Å². The van der Waals surface area contributed by atoms with Crippen molar-refractivity contribution in [1.82, 2.24) is 0 Å². The number of benzene rings is 2. The average Bonchev–Trinajstić information content (AvgIpc) is 2.75. The summed E-state index contributed by atoms with van der Waals surface area (Å²) in [5, 5.41) is 5.46. The zero-order valence-corrected chi connectivity index (χ0v) is 16.9. The Labute approximate surface area is 171 Å². The quantitative estimate of drug-likeness (QED) is 0.697. The molecule has 7 heteroatoms. The van der Waals surface area contributed by atoms with Gasteiger partial charge in [0.25, 0.3) is 0 Å². The Morgan fingerprint density at radius 3 is 2.24 bits per heavy atom. The van der Waals surface area contributed by atoms with E-state index in [0.717, 1.165) is 18.8 Å². The molecule has 0 unspecified atom stereocenters. The van der Waals surface area contributed by atoms with Crippen LogP contribution in [0.5, 0.6) is 11.5 Å². The first kappa shape index (κ1) is 20.5. The van der Waals surface area contributed by atoms with Gasteiger partial charge in [-0.15, -0.1) is 0 Å². The summed E-state index contributed by atoms with van der Waals surface area (Å²) >= 11 is 0. The molecule has 7 nitrogen and oxygen atoms in total. The number of amides is 2. The zero-order valence-electron chi connectivity index (χ0n) is 16.9. The van der Waals surface area contributed by atoms with Crippen molar-refractivity contribution in [1.29, 1.82) is 0 Å². The lowest BCUT2D eigenvalue weighted by atomic mass is 10.1. The topological polar surface area (TPSA) is 79.9 Å². The largest absolute Gasteiger partial charge is 0.497 e. The molecule has 0 radical (unpaired) electrons. The SMILES string of the molecule is COc1ccc(NC(=O)CC(=O)Nc2ccc(N3CCCCC3)cc2)c(OC)c1. The standard InChI is InChI=1S/C22H27N3O4/c1-28-18-10-11-19(20(14-18)29-2)24-22(27)15-21(26)23-16-6-8-17(9-7-16)25-12-4-3-5-13-25/h6-11,14H,3-5,12-13,15H2,1-2H3,(H,23,26)(H,24,27). The second-order valence-corrected chi connectivity index (χ2v) is 6.93. The summed E-state index contributed by atoms with van der Waals surface area (Å²) in [6, 6.07) is 12.8. The third-order valence-corrected chi connectivity index (χ3v) is 4.88. The highest BCUT2D eigenvalue weighted by Crippen LogP contribution is 2.29. The van der Waals surface area contributed by atoms with Crippen LogP contribution in [0, 0.1) is 0 Å². The molecule has 1 fully saturated rings. The lowest BCUT2D eigenvalue weighted by molar-refractivity contribution is -0.123. The van der Waals surface area contributed by atoms with Crippen molar-refractivity contribution in [3.8, 4) is 11.5 Å². The minimum Gasteiger partial charge on any atom is -0.497 e. The number of nitrogens with zero attached hydrogens (tertiary/aromatic N) is 1. The monoisotopic (exact) mass is 397 g/mol. The first-order valence-corrected chi connectivity index (χ1v) is 9.76. The number of carbonyl (C=O) groups excluding carboxylic acids is 2. The average molecular weight is 397 g/mol. The summed E-state index contributed by atoms with van der Waals surface area (Å²) in [6.45, 7) is 2.14. The highest BCUT2D eigenvalue weighted by molar-refractivity contribution is 6.08. The Kier molecular flexibility index (Phi) is 6.94. The lowest BCUT2D eigenvalue weighted by Gasteiger charge is -2.28. The minimum absolute atomic E-state index is 0.289.